The van der Waals surface area contributed by atoms with E-state index in [0.717, 1.165) is 11.1 Å². The summed E-state index contributed by atoms with van der Waals surface area (Å²) in [5, 5.41) is 11.4. The lowest BCUT2D eigenvalue weighted by Crippen LogP contribution is -2.30. The molecule has 3 aromatic carbocycles. The van der Waals surface area contributed by atoms with Crippen LogP contribution in [0.3, 0.4) is 0 Å². The first-order chi connectivity index (χ1) is 18.7. The molecule has 1 unspecified atom stereocenters. The van der Waals surface area contributed by atoms with Crippen molar-refractivity contribution in [3.8, 4) is 17.2 Å². The second kappa shape index (κ2) is 10.2. The minimum atomic E-state index is -0.988. The van der Waals surface area contributed by atoms with E-state index in [1.165, 1.54) is 19.1 Å². The van der Waals surface area contributed by atoms with Gasteiger partial charge in [-0.25, -0.2) is 4.98 Å². The number of ketones is 1. The molecule has 1 aromatic heterocycles. The Morgan fingerprint density at radius 3 is 2.36 bits per heavy atom. The van der Waals surface area contributed by atoms with Gasteiger partial charge in [0, 0.05) is 5.56 Å². The van der Waals surface area contributed by atoms with E-state index in [4.69, 9.17) is 14.2 Å². The Bertz CT molecular complexity index is 1600. The fraction of sp³-hybridized carbons (Fsp3) is 0.233. The molecule has 1 saturated heterocycles. The van der Waals surface area contributed by atoms with E-state index in [9.17, 15) is 14.7 Å². The highest BCUT2D eigenvalue weighted by Crippen LogP contribution is 2.43. The molecule has 9 heteroatoms. The van der Waals surface area contributed by atoms with Gasteiger partial charge in [0.15, 0.2) is 11.5 Å². The molecule has 39 heavy (non-hydrogen) atoms. The van der Waals surface area contributed by atoms with Crippen molar-refractivity contribution >= 4 is 34.4 Å². The van der Waals surface area contributed by atoms with E-state index in [-0.39, 0.29) is 23.4 Å². The second-order valence-corrected chi connectivity index (χ2v) is 9.56. The zero-order valence-electron chi connectivity index (χ0n) is 22.3. The van der Waals surface area contributed by atoms with Gasteiger partial charge in [-0.15, -0.1) is 0 Å². The maximum atomic E-state index is 13.5. The number of aliphatic hydroxyl groups excluding tert-OH is 1. The standard InChI is InChI=1S/C30H29N3O6/c1-16(2)39-20-10-7-18(8-11-20)27(34)25-26(19-9-13-23(37-4)24(15-19)38-5)33(29(36)28(25)35)30-31-21-12-6-17(3)14-22(21)32-30/h6-16,26,34H,1-5H3,(H,31,32)/b27-25+. The fourth-order valence-corrected chi connectivity index (χ4v) is 4.73. The van der Waals surface area contributed by atoms with Gasteiger partial charge in [0.2, 0.25) is 5.95 Å². The zero-order valence-corrected chi connectivity index (χ0v) is 22.3. The number of anilines is 1. The smallest absolute Gasteiger partial charge is 0.302 e. The number of methoxy groups -OCH3 is 2. The molecule has 9 nitrogen and oxygen atoms in total. The molecule has 1 amide bonds. The Balaban J connectivity index is 1.69. The van der Waals surface area contributed by atoms with E-state index >= 15 is 0 Å². The summed E-state index contributed by atoms with van der Waals surface area (Å²) in [6.45, 7) is 5.78. The number of aryl methyl sites for hydroxylation is 1. The predicted molar refractivity (Wildman–Crippen MR) is 147 cm³/mol. The average Bonchev–Trinajstić information content (AvgIpc) is 3.45. The number of carbonyl (C=O) groups excluding carboxylic acids is 2. The number of carbonyl (C=O) groups is 2. The summed E-state index contributed by atoms with van der Waals surface area (Å²) in [4.78, 5) is 36.1. The molecule has 5 rings (SSSR count). The molecule has 4 aromatic rings. The molecule has 0 bridgehead atoms. The normalized spacial score (nSPS) is 16.8. The van der Waals surface area contributed by atoms with E-state index in [1.54, 1.807) is 42.5 Å². The molecule has 0 radical (unpaired) electrons. The Hall–Kier alpha value is -4.79. The molecule has 1 atom stereocenters. The predicted octanol–water partition coefficient (Wildman–Crippen LogP) is 5.30. The maximum Gasteiger partial charge on any atom is 0.302 e. The number of imidazole rings is 1. The van der Waals surface area contributed by atoms with E-state index in [2.05, 4.69) is 9.97 Å². The fourth-order valence-electron chi connectivity index (χ4n) is 4.73. The van der Waals surface area contributed by atoms with Gasteiger partial charge in [0.1, 0.15) is 11.5 Å². The third-order valence-electron chi connectivity index (χ3n) is 6.52. The van der Waals surface area contributed by atoms with Gasteiger partial charge in [-0.2, -0.15) is 0 Å². The summed E-state index contributed by atoms with van der Waals surface area (Å²) in [5.41, 5.74) is 3.21. The van der Waals surface area contributed by atoms with Crippen LogP contribution in [-0.2, 0) is 9.59 Å². The number of aromatic amines is 1. The van der Waals surface area contributed by atoms with Crippen LogP contribution >= 0.6 is 0 Å². The number of aliphatic hydroxyl groups is 1. The van der Waals surface area contributed by atoms with Gasteiger partial charge in [0.05, 0.1) is 43.0 Å². The number of nitrogens with zero attached hydrogens (tertiary/aromatic N) is 2. The first-order valence-electron chi connectivity index (χ1n) is 12.5. The minimum absolute atomic E-state index is 0.0209. The number of aromatic nitrogens is 2. The van der Waals surface area contributed by atoms with Crippen LogP contribution in [0.25, 0.3) is 16.8 Å². The lowest BCUT2D eigenvalue weighted by Gasteiger charge is -2.24. The number of benzene rings is 3. The summed E-state index contributed by atoms with van der Waals surface area (Å²) >= 11 is 0. The van der Waals surface area contributed by atoms with Crippen LogP contribution < -0.4 is 19.1 Å². The van der Waals surface area contributed by atoms with Gasteiger partial charge in [-0.3, -0.25) is 14.5 Å². The summed E-state index contributed by atoms with van der Waals surface area (Å²) in [6.07, 6.45) is -0.0209. The third-order valence-corrected chi connectivity index (χ3v) is 6.52. The van der Waals surface area contributed by atoms with Crippen molar-refractivity contribution in [2.75, 3.05) is 19.1 Å². The van der Waals surface area contributed by atoms with Crippen LogP contribution in [0.2, 0.25) is 0 Å². The zero-order chi connectivity index (χ0) is 27.8. The number of ether oxygens (including phenoxy) is 3. The van der Waals surface area contributed by atoms with Crippen LogP contribution in [0.15, 0.2) is 66.2 Å². The first-order valence-corrected chi connectivity index (χ1v) is 12.5. The van der Waals surface area contributed by atoms with Gasteiger partial charge >= 0.3 is 5.91 Å². The molecular weight excluding hydrogens is 498 g/mol. The molecule has 1 aliphatic heterocycles. The quantitative estimate of drug-likeness (QED) is 0.190. The van der Waals surface area contributed by atoms with Crippen LogP contribution in [0, 0.1) is 6.92 Å². The van der Waals surface area contributed by atoms with E-state index in [1.807, 2.05) is 39.0 Å². The van der Waals surface area contributed by atoms with Crippen molar-refractivity contribution in [3.63, 3.8) is 0 Å². The van der Waals surface area contributed by atoms with Crippen LogP contribution in [0.4, 0.5) is 5.95 Å². The highest BCUT2D eigenvalue weighted by atomic mass is 16.5. The molecule has 200 valence electrons. The van der Waals surface area contributed by atoms with E-state index < -0.39 is 17.7 Å². The lowest BCUT2D eigenvalue weighted by molar-refractivity contribution is -0.132. The molecule has 2 N–H and O–H groups in total. The van der Waals surface area contributed by atoms with Gasteiger partial charge < -0.3 is 24.3 Å². The number of amides is 1. The Morgan fingerprint density at radius 2 is 1.69 bits per heavy atom. The number of hydrogen-bond acceptors (Lipinski definition) is 7. The summed E-state index contributed by atoms with van der Waals surface area (Å²) in [5.74, 6) is -0.237. The lowest BCUT2D eigenvalue weighted by atomic mass is 9.95. The largest absolute Gasteiger partial charge is 0.507 e. The van der Waals surface area contributed by atoms with Crippen molar-refractivity contribution < 1.29 is 28.9 Å². The van der Waals surface area contributed by atoms with Gasteiger partial charge in [-0.1, -0.05) is 12.1 Å². The van der Waals surface area contributed by atoms with Crippen molar-refractivity contribution in [3.05, 3.63) is 82.9 Å². The molecule has 1 fully saturated rings. The number of Topliss-reactive ketones (excluding diaryl/α,β-unsaturated/α-hetero) is 1. The molecular formula is C30H29N3O6. The molecule has 2 heterocycles. The molecule has 0 spiro atoms. The molecule has 0 aliphatic carbocycles. The average molecular weight is 528 g/mol. The minimum Gasteiger partial charge on any atom is -0.507 e. The van der Waals surface area contributed by atoms with Crippen molar-refractivity contribution in [2.24, 2.45) is 0 Å². The van der Waals surface area contributed by atoms with Crippen LogP contribution in [-0.4, -0.2) is 47.1 Å². The van der Waals surface area contributed by atoms with Crippen molar-refractivity contribution in [2.45, 2.75) is 32.9 Å². The van der Waals surface area contributed by atoms with Crippen molar-refractivity contribution in [1.29, 1.82) is 0 Å². The molecule has 0 saturated carbocycles. The van der Waals surface area contributed by atoms with Crippen LogP contribution in [0.1, 0.15) is 36.6 Å². The number of rotatable bonds is 7. The van der Waals surface area contributed by atoms with Crippen LogP contribution in [0.5, 0.6) is 17.2 Å². The SMILES string of the molecule is COc1ccc(C2/C(=C(\O)c3ccc(OC(C)C)cc3)C(=O)C(=O)N2c2nc3ccc(C)cc3[nH]2)cc1OC. The summed E-state index contributed by atoms with van der Waals surface area (Å²) < 4.78 is 16.6. The monoisotopic (exact) mass is 527 g/mol. The third kappa shape index (κ3) is 4.67. The molecule has 1 aliphatic rings. The van der Waals surface area contributed by atoms with Gasteiger partial charge in [0.25, 0.3) is 5.78 Å². The Labute approximate surface area is 225 Å². The Morgan fingerprint density at radius 1 is 0.974 bits per heavy atom. The maximum absolute atomic E-state index is 13.5. The summed E-state index contributed by atoms with van der Waals surface area (Å²) in [7, 11) is 3.02. The van der Waals surface area contributed by atoms with Gasteiger partial charge in [-0.05, 0) is 80.4 Å². The number of H-pyrrole nitrogens is 1. The number of fused-ring (bicyclic) bond motifs is 1. The highest BCUT2D eigenvalue weighted by molar-refractivity contribution is 6.51. The topological polar surface area (TPSA) is 114 Å². The number of nitrogens with one attached hydrogen (secondary N) is 1. The van der Waals surface area contributed by atoms with E-state index in [0.29, 0.717) is 33.9 Å². The Kier molecular flexibility index (Phi) is 6.74. The first kappa shape index (κ1) is 25.8. The highest BCUT2D eigenvalue weighted by Gasteiger charge is 2.48. The number of hydrogen-bond donors (Lipinski definition) is 2. The second-order valence-electron chi connectivity index (χ2n) is 9.56. The van der Waals surface area contributed by atoms with Crippen molar-refractivity contribution in [1.82, 2.24) is 9.97 Å². The summed E-state index contributed by atoms with van der Waals surface area (Å²) in [6, 6.07) is 16.5.